The summed E-state index contributed by atoms with van der Waals surface area (Å²) in [4.78, 5) is 11.9. The molecular formula is C14H19FN2O2. The first kappa shape index (κ1) is 14.0. The Morgan fingerprint density at radius 2 is 2.26 bits per heavy atom. The highest BCUT2D eigenvalue weighted by molar-refractivity contribution is 5.79. The molecule has 0 radical (unpaired) electrons. The first-order valence-electron chi connectivity index (χ1n) is 6.43. The molecule has 19 heavy (non-hydrogen) atoms. The van der Waals surface area contributed by atoms with Crippen LogP contribution in [0.15, 0.2) is 18.2 Å². The number of carbonyl (C=O) groups is 1. The standard InChI is InChI=1S/C14H19FN2O2/c1-8-4-9(2-3-11(8)15)7-17-14(19)10-5-12(16)13(18)6-10/h2-4,10,12-13,18H,5-7,16H2,1H3,(H,17,19)/t10-,12-,13-/m0/s1. The third-order valence-electron chi connectivity index (χ3n) is 3.64. The average Bonchev–Trinajstić information content (AvgIpc) is 2.71. The Balaban J connectivity index is 1.88. The molecule has 0 heterocycles. The molecule has 1 saturated carbocycles. The van der Waals surface area contributed by atoms with Gasteiger partial charge in [-0.05, 0) is 37.0 Å². The fourth-order valence-corrected chi connectivity index (χ4v) is 2.41. The van der Waals surface area contributed by atoms with Crippen molar-refractivity contribution < 1.29 is 14.3 Å². The van der Waals surface area contributed by atoms with Crippen molar-refractivity contribution in [2.24, 2.45) is 11.7 Å². The molecule has 0 spiro atoms. The number of hydrogen-bond acceptors (Lipinski definition) is 3. The van der Waals surface area contributed by atoms with Crippen LogP contribution in [0.4, 0.5) is 4.39 Å². The second-order valence-electron chi connectivity index (χ2n) is 5.20. The van der Waals surface area contributed by atoms with E-state index in [1.807, 2.05) is 0 Å². The minimum atomic E-state index is -0.594. The van der Waals surface area contributed by atoms with Crippen molar-refractivity contribution in [3.05, 3.63) is 35.1 Å². The van der Waals surface area contributed by atoms with Crippen LogP contribution in [0.25, 0.3) is 0 Å². The summed E-state index contributed by atoms with van der Waals surface area (Å²) < 4.78 is 13.1. The fourth-order valence-electron chi connectivity index (χ4n) is 2.41. The van der Waals surface area contributed by atoms with E-state index in [0.29, 0.717) is 24.9 Å². The maximum absolute atomic E-state index is 13.1. The molecule has 3 atom stereocenters. The molecule has 0 bridgehead atoms. The molecule has 4 nitrogen and oxygen atoms in total. The lowest BCUT2D eigenvalue weighted by atomic mass is 10.1. The first-order chi connectivity index (χ1) is 8.97. The summed E-state index contributed by atoms with van der Waals surface area (Å²) in [7, 11) is 0. The number of aliphatic hydroxyl groups excluding tert-OH is 1. The number of rotatable bonds is 3. The van der Waals surface area contributed by atoms with Gasteiger partial charge < -0.3 is 16.2 Å². The molecular weight excluding hydrogens is 247 g/mol. The van der Waals surface area contributed by atoms with Gasteiger partial charge in [-0.15, -0.1) is 0 Å². The molecule has 1 aromatic carbocycles. The molecule has 0 unspecified atom stereocenters. The molecule has 0 aromatic heterocycles. The van der Waals surface area contributed by atoms with Gasteiger partial charge in [-0.25, -0.2) is 4.39 Å². The largest absolute Gasteiger partial charge is 0.391 e. The van der Waals surface area contributed by atoms with Crippen LogP contribution < -0.4 is 11.1 Å². The van der Waals surface area contributed by atoms with Crippen molar-refractivity contribution in [1.29, 1.82) is 0 Å². The zero-order chi connectivity index (χ0) is 14.0. The maximum Gasteiger partial charge on any atom is 0.223 e. The van der Waals surface area contributed by atoms with E-state index in [-0.39, 0.29) is 23.7 Å². The normalized spacial score (nSPS) is 26.4. The zero-order valence-electron chi connectivity index (χ0n) is 10.9. The predicted octanol–water partition coefficient (Wildman–Crippen LogP) is 0.849. The van der Waals surface area contributed by atoms with Crippen molar-refractivity contribution in [3.8, 4) is 0 Å². The van der Waals surface area contributed by atoms with Crippen molar-refractivity contribution in [1.82, 2.24) is 5.32 Å². The topological polar surface area (TPSA) is 75.4 Å². The van der Waals surface area contributed by atoms with Crippen LogP contribution in [0.1, 0.15) is 24.0 Å². The summed E-state index contributed by atoms with van der Waals surface area (Å²) in [5.74, 6) is -0.583. The van der Waals surface area contributed by atoms with Crippen molar-refractivity contribution in [3.63, 3.8) is 0 Å². The Labute approximate surface area is 111 Å². The van der Waals surface area contributed by atoms with Crippen LogP contribution in [0, 0.1) is 18.7 Å². The van der Waals surface area contributed by atoms with E-state index in [2.05, 4.69) is 5.32 Å². The lowest BCUT2D eigenvalue weighted by Gasteiger charge is -2.11. The SMILES string of the molecule is Cc1cc(CNC(=O)[C@H]2C[C@H](N)[C@@H](O)C2)ccc1F. The van der Waals surface area contributed by atoms with E-state index in [0.717, 1.165) is 5.56 Å². The molecule has 104 valence electrons. The lowest BCUT2D eigenvalue weighted by molar-refractivity contribution is -0.125. The second-order valence-corrected chi connectivity index (χ2v) is 5.20. The molecule has 1 fully saturated rings. The Morgan fingerprint density at radius 3 is 2.84 bits per heavy atom. The molecule has 0 saturated heterocycles. The number of hydrogen-bond donors (Lipinski definition) is 3. The monoisotopic (exact) mass is 266 g/mol. The minimum Gasteiger partial charge on any atom is -0.391 e. The fraction of sp³-hybridized carbons (Fsp3) is 0.500. The van der Waals surface area contributed by atoms with Gasteiger partial charge in [-0.2, -0.15) is 0 Å². The summed E-state index contributed by atoms with van der Waals surface area (Å²) in [5.41, 5.74) is 7.10. The van der Waals surface area contributed by atoms with Gasteiger partial charge in [0.15, 0.2) is 0 Å². The lowest BCUT2D eigenvalue weighted by Crippen LogP contribution is -2.30. The van der Waals surface area contributed by atoms with Gasteiger partial charge in [0, 0.05) is 18.5 Å². The zero-order valence-corrected chi connectivity index (χ0v) is 10.9. The average molecular weight is 266 g/mol. The number of nitrogens with one attached hydrogen (secondary N) is 1. The summed E-state index contributed by atoms with van der Waals surface area (Å²) in [6.07, 6.45) is 0.328. The van der Waals surface area contributed by atoms with Crippen LogP contribution in [0.5, 0.6) is 0 Å². The minimum absolute atomic E-state index is 0.103. The van der Waals surface area contributed by atoms with E-state index in [1.54, 1.807) is 19.1 Å². The second kappa shape index (κ2) is 5.67. The molecule has 5 heteroatoms. The Bertz CT molecular complexity index is 469. The van der Waals surface area contributed by atoms with E-state index in [4.69, 9.17) is 5.73 Å². The highest BCUT2D eigenvalue weighted by Gasteiger charge is 2.34. The van der Waals surface area contributed by atoms with Crippen LogP contribution in [-0.4, -0.2) is 23.2 Å². The van der Waals surface area contributed by atoms with Crippen LogP contribution in [-0.2, 0) is 11.3 Å². The van der Waals surface area contributed by atoms with Crippen molar-refractivity contribution in [2.75, 3.05) is 0 Å². The van der Waals surface area contributed by atoms with Crippen LogP contribution in [0.2, 0.25) is 0 Å². The molecule has 1 aromatic rings. The van der Waals surface area contributed by atoms with E-state index < -0.39 is 6.10 Å². The Kier molecular flexibility index (Phi) is 4.17. The van der Waals surface area contributed by atoms with Crippen molar-refractivity contribution in [2.45, 2.75) is 38.5 Å². The maximum atomic E-state index is 13.1. The molecule has 4 N–H and O–H groups in total. The van der Waals surface area contributed by atoms with E-state index >= 15 is 0 Å². The summed E-state index contributed by atoms with van der Waals surface area (Å²) in [6.45, 7) is 2.05. The number of nitrogens with two attached hydrogens (primary N) is 1. The van der Waals surface area contributed by atoms with Gasteiger partial charge in [0.05, 0.1) is 6.10 Å². The third-order valence-corrected chi connectivity index (χ3v) is 3.64. The van der Waals surface area contributed by atoms with Gasteiger partial charge in [0.25, 0.3) is 0 Å². The van der Waals surface area contributed by atoms with Crippen LogP contribution >= 0.6 is 0 Å². The first-order valence-corrected chi connectivity index (χ1v) is 6.43. The number of benzene rings is 1. The molecule has 2 rings (SSSR count). The summed E-state index contributed by atoms with van der Waals surface area (Å²) >= 11 is 0. The number of amides is 1. The van der Waals surface area contributed by atoms with Gasteiger partial charge in [-0.3, -0.25) is 4.79 Å². The number of carbonyl (C=O) groups excluding carboxylic acids is 1. The molecule has 1 aliphatic carbocycles. The summed E-state index contributed by atoms with van der Waals surface area (Å²) in [5, 5.41) is 12.3. The Hall–Kier alpha value is -1.46. The van der Waals surface area contributed by atoms with E-state index in [1.165, 1.54) is 6.07 Å². The number of aliphatic hydroxyl groups is 1. The third kappa shape index (κ3) is 3.30. The molecule has 1 amide bonds. The van der Waals surface area contributed by atoms with Crippen molar-refractivity contribution >= 4 is 5.91 Å². The van der Waals surface area contributed by atoms with Gasteiger partial charge >= 0.3 is 0 Å². The van der Waals surface area contributed by atoms with E-state index in [9.17, 15) is 14.3 Å². The van der Waals surface area contributed by atoms with Gasteiger partial charge in [-0.1, -0.05) is 12.1 Å². The number of aryl methyl sites for hydroxylation is 1. The smallest absolute Gasteiger partial charge is 0.223 e. The quantitative estimate of drug-likeness (QED) is 0.759. The van der Waals surface area contributed by atoms with Gasteiger partial charge in [0.2, 0.25) is 5.91 Å². The Morgan fingerprint density at radius 1 is 1.53 bits per heavy atom. The molecule has 0 aliphatic heterocycles. The predicted molar refractivity (Wildman–Crippen MR) is 69.7 cm³/mol. The summed E-state index contributed by atoms with van der Waals surface area (Å²) in [6, 6.07) is 4.44. The molecule has 1 aliphatic rings. The van der Waals surface area contributed by atoms with Gasteiger partial charge in [0.1, 0.15) is 5.82 Å². The highest BCUT2D eigenvalue weighted by atomic mass is 19.1. The number of halogens is 1. The van der Waals surface area contributed by atoms with Crippen LogP contribution in [0.3, 0.4) is 0 Å². The highest BCUT2D eigenvalue weighted by Crippen LogP contribution is 2.24.